The predicted molar refractivity (Wildman–Crippen MR) is 71.5 cm³/mol. The molecule has 0 aliphatic carbocycles. The molecular weight excluding hydrogens is 280 g/mol. The van der Waals surface area contributed by atoms with Gasteiger partial charge in [-0.1, -0.05) is 28.1 Å². The van der Waals surface area contributed by atoms with E-state index in [2.05, 4.69) is 22.0 Å². The number of hydrogen-bond donors (Lipinski definition) is 1. The Bertz CT molecular complexity index is 431. The van der Waals surface area contributed by atoms with Gasteiger partial charge in [-0.3, -0.25) is 4.79 Å². The van der Waals surface area contributed by atoms with Crippen LogP contribution in [0.1, 0.15) is 24.5 Å². The van der Waals surface area contributed by atoms with Crippen molar-refractivity contribution in [1.29, 1.82) is 0 Å². The highest BCUT2D eigenvalue weighted by Crippen LogP contribution is 2.26. The molecule has 1 heterocycles. The van der Waals surface area contributed by atoms with Crippen LogP contribution in [0.3, 0.4) is 0 Å². The van der Waals surface area contributed by atoms with Gasteiger partial charge in [0, 0.05) is 30.0 Å². The fourth-order valence-electron chi connectivity index (χ4n) is 2.16. The number of benzene rings is 1. The zero-order chi connectivity index (χ0) is 12.4. The average Bonchev–Trinajstić information content (AvgIpc) is 2.28. The van der Waals surface area contributed by atoms with Crippen LogP contribution in [-0.2, 0) is 17.8 Å². The molecule has 1 unspecified atom stereocenters. The molecule has 0 bridgehead atoms. The Morgan fingerprint density at radius 1 is 1.59 bits per heavy atom. The van der Waals surface area contributed by atoms with Gasteiger partial charge in [-0.25, -0.2) is 0 Å². The fourth-order valence-corrected chi connectivity index (χ4v) is 2.69. The number of carbonyl (C=O) groups excluding carboxylic acids is 1. The molecule has 2 N–H and O–H groups in total. The maximum atomic E-state index is 12.0. The zero-order valence-electron chi connectivity index (χ0n) is 9.95. The van der Waals surface area contributed by atoms with Crippen molar-refractivity contribution in [3.63, 3.8) is 0 Å². The van der Waals surface area contributed by atoms with Crippen LogP contribution in [-0.4, -0.2) is 23.4 Å². The first-order chi connectivity index (χ1) is 8.08. The molecule has 1 aliphatic rings. The second-order valence-corrected chi connectivity index (χ2v) is 5.48. The van der Waals surface area contributed by atoms with Gasteiger partial charge < -0.3 is 10.6 Å². The smallest absolute Gasteiger partial charge is 0.224 e. The second kappa shape index (κ2) is 5.19. The van der Waals surface area contributed by atoms with Crippen LogP contribution in [0.15, 0.2) is 22.7 Å². The van der Waals surface area contributed by atoms with E-state index in [0.29, 0.717) is 13.0 Å². The highest BCUT2D eigenvalue weighted by atomic mass is 79.9. The van der Waals surface area contributed by atoms with E-state index in [1.165, 1.54) is 11.1 Å². The van der Waals surface area contributed by atoms with Crippen LogP contribution >= 0.6 is 15.9 Å². The molecule has 0 radical (unpaired) electrons. The summed E-state index contributed by atoms with van der Waals surface area (Å²) in [5, 5.41) is 0. The van der Waals surface area contributed by atoms with Crippen molar-refractivity contribution in [3.8, 4) is 0 Å². The van der Waals surface area contributed by atoms with E-state index in [-0.39, 0.29) is 11.9 Å². The number of nitrogens with zero attached hydrogens (tertiary/aromatic N) is 1. The fraction of sp³-hybridized carbons (Fsp3) is 0.462. The van der Waals surface area contributed by atoms with Gasteiger partial charge in [-0.05, 0) is 30.5 Å². The topological polar surface area (TPSA) is 46.3 Å². The summed E-state index contributed by atoms with van der Waals surface area (Å²) in [6, 6.07) is 6.14. The molecule has 1 aliphatic heterocycles. The first-order valence-electron chi connectivity index (χ1n) is 5.87. The number of fused-ring (bicyclic) bond motifs is 1. The Kier molecular flexibility index (Phi) is 3.84. The number of nitrogens with two attached hydrogens (primary N) is 1. The summed E-state index contributed by atoms with van der Waals surface area (Å²) in [7, 11) is 0. The van der Waals surface area contributed by atoms with Crippen molar-refractivity contribution in [2.45, 2.75) is 32.4 Å². The van der Waals surface area contributed by atoms with Gasteiger partial charge in [0.25, 0.3) is 0 Å². The SMILES string of the molecule is CC(N)CC(=O)N1CCc2cccc(Br)c2C1. The number of hydrogen-bond acceptors (Lipinski definition) is 2. The van der Waals surface area contributed by atoms with Crippen molar-refractivity contribution in [1.82, 2.24) is 4.90 Å². The predicted octanol–water partition coefficient (Wildman–Crippen LogP) is 2.07. The minimum Gasteiger partial charge on any atom is -0.338 e. The molecule has 1 aromatic rings. The van der Waals surface area contributed by atoms with E-state index < -0.39 is 0 Å². The van der Waals surface area contributed by atoms with E-state index in [9.17, 15) is 4.79 Å². The first-order valence-corrected chi connectivity index (χ1v) is 6.67. The third-order valence-corrected chi connectivity index (χ3v) is 3.81. The summed E-state index contributed by atoms with van der Waals surface area (Å²) in [5.41, 5.74) is 8.24. The van der Waals surface area contributed by atoms with E-state index in [1.54, 1.807) is 0 Å². The third-order valence-electron chi connectivity index (χ3n) is 3.07. The van der Waals surface area contributed by atoms with E-state index in [1.807, 2.05) is 24.0 Å². The Morgan fingerprint density at radius 3 is 3.06 bits per heavy atom. The van der Waals surface area contributed by atoms with Gasteiger partial charge in [0.2, 0.25) is 5.91 Å². The highest BCUT2D eigenvalue weighted by Gasteiger charge is 2.22. The molecule has 0 aromatic heterocycles. The average molecular weight is 297 g/mol. The molecule has 1 aromatic carbocycles. The maximum Gasteiger partial charge on any atom is 0.224 e. The molecule has 2 rings (SSSR count). The Labute approximate surface area is 110 Å². The summed E-state index contributed by atoms with van der Waals surface area (Å²) in [4.78, 5) is 13.9. The van der Waals surface area contributed by atoms with Gasteiger partial charge in [0.05, 0.1) is 0 Å². The molecule has 92 valence electrons. The van der Waals surface area contributed by atoms with E-state index >= 15 is 0 Å². The van der Waals surface area contributed by atoms with Gasteiger partial charge in [-0.15, -0.1) is 0 Å². The largest absolute Gasteiger partial charge is 0.338 e. The molecule has 0 saturated carbocycles. The standard InChI is InChI=1S/C13H17BrN2O/c1-9(15)7-13(17)16-6-5-10-3-2-4-12(14)11(10)8-16/h2-4,9H,5-8,15H2,1H3. The molecule has 4 heteroatoms. The molecule has 3 nitrogen and oxygen atoms in total. The zero-order valence-corrected chi connectivity index (χ0v) is 11.5. The number of amides is 1. The minimum absolute atomic E-state index is 0.0666. The lowest BCUT2D eigenvalue weighted by Gasteiger charge is -2.30. The minimum atomic E-state index is -0.0666. The van der Waals surface area contributed by atoms with Crippen LogP contribution < -0.4 is 5.73 Å². The van der Waals surface area contributed by atoms with Crippen LogP contribution in [0.4, 0.5) is 0 Å². The Hall–Kier alpha value is -0.870. The van der Waals surface area contributed by atoms with E-state index in [4.69, 9.17) is 5.73 Å². The van der Waals surface area contributed by atoms with Crippen molar-refractivity contribution >= 4 is 21.8 Å². The molecule has 0 fully saturated rings. The molecule has 1 atom stereocenters. The number of carbonyl (C=O) groups is 1. The quantitative estimate of drug-likeness (QED) is 0.908. The van der Waals surface area contributed by atoms with Crippen LogP contribution in [0.25, 0.3) is 0 Å². The van der Waals surface area contributed by atoms with E-state index in [0.717, 1.165) is 17.4 Å². The van der Waals surface area contributed by atoms with Crippen LogP contribution in [0.2, 0.25) is 0 Å². The summed E-state index contributed by atoms with van der Waals surface area (Å²) >= 11 is 3.55. The highest BCUT2D eigenvalue weighted by molar-refractivity contribution is 9.10. The molecule has 0 saturated heterocycles. The number of rotatable bonds is 2. The lowest BCUT2D eigenvalue weighted by Crippen LogP contribution is -2.38. The lowest BCUT2D eigenvalue weighted by atomic mass is 9.99. The Balaban J connectivity index is 2.13. The summed E-state index contributed by atoms with van der Waals surface area (Å²) in [6.07, 6.45) is 1.36. The van der Waals surface area contributed by atoms with Gasteiger partial charge in [0.1, 0.15) is 0 Å². The van der Waals surface area contributed by atoms with Crippen LogP contribution in [0.5, 0.6) is 0 Å². The number of halogens is 1. The third kappa shape index (κ3) is 2.87. The van der Waals surface area contributed by atoms with Crippen molar-refractivity contribution in [2.75, 3.05) is 6.54 Å². The summed E-state index contributed by atoms with van der Waals surface area (Å²) < 4.78 is 1.09. The molecule has 1 amide bonds. The van der Waals surface area contributed by atoms with Gasteiger partial charge >= 0.3 is 0 Å². The first kappa shape index (κ1) is 12.6. The van der Waals surface area contributed by atoms with Crippen molar-refractivity contribution < 1.29 is 4.79 Å². The monoisotopic (exact) mass is 296 g/mol. The van der Waals surface area contributed by atoms with Gasteiger partial charge in [-0.2, -0.15) is 0 Å². The van der Waals surface area contributed by atoms with Crippen LogP contribution in [0, 0.1) is 0 Å². The Morgan fingerprint density at radius 2 is 2.35 bits per heavy atom. The van der Waals surface area contributed by atoms with Crippen molar-refractivity contribution in [2.24, 2.45) is 5.73 Å². The molecule has 17 heavy (non-hydrogen) atoms. The molecule has 0 spiro atoms. The van der Waals surface area contributed by atoms with Gasteiger partial charge in [0.15, 0.2) is 0 Å². The lowest BCUT2D eigenvalue weighted by molar-refractivity contribution is -0.132. The summed E-state index contributed by atoms with van der Waals surface area (Å²) in [6.45, 7) is 3.36. The summed E-state index contributed by atoms with van der Waals surface area (Å²) in [5.74, 6) is 0.154. The molecular formula is C13H17BrN2O. The second-order valence-electron chi connectivity index (χ2n) is 4.62. The van der Waals surface area contributed by atoms with Crippen molar-refractivity contribution in [3.05, 3.63) is 33.8 Å². The normalized spacial score (nSPS) is 16.5. The maximum absolute atomic E-state index is 12.0.